The molecule has 3 atom stereocenters. The van der Waals surface area contributed by atoms with Crippen molar-refractivity contribution in [1.29, 1.82) is 0 Å². The zero-order valence-corrected chi connectivity index (χ0v) is 22.5. The van der Waals surface area contributed by atoms with Gasteiger partial charge in [0, 0.05) is 11.5 Å². The van der Waals surface area contributed by atoms with Crippen molar-refractivity contribution in [1.82, 2.24) is 0 Å². The van der Waals surface area contributed by atoms with Gasteiger partial charge in [0.1, 0.15) is 0 Å². The first kappa shape index (κ1) is 26.2. The summed E-state index contributed by atoms with van der Waals surface area (Å²) in [6, 6.07) is 12.8. The molecule has 0 spiro atoms. The van der Waals surface area contributed by atoms with Crippen LogP contribution in [0.2, 0.25) is 0 Å². The van der Waals surface area contributed by atoms with Crippen molar-refractivity contribution >= 4 is 0 Å². The number of hydrogen-bond donors (Lipinski definition) is 0. The predicted molar refractivity (Wildman–Crippen MR) is 129 cm³/mol. The summed E-state index contributed by atoms with van der Waals surface area (Å²) >= 11 is -3.33. The predicted octanol–water partition coefficient (Wildman–Crippen LogP) is 6.63. The molecule has 0 N–H and O–H groups in total. The Hall–Kier alpha value is -1.36. The van der Waals surface area contributed by atoms with E-state index in [1.165, 1.54) is 67.2 Å². The third-order valence-corrected chi connectivity index (χ3v) is 8.20. The lowest BCUT2D eigenvalue weighted by atomic mass is 9.80. The fourth-order valence-electron chi connectivity index (χ4n) is 5.62. The van der Waals surface area contributed by atoms with E-state index in [9.17, 15) is 8.40 Å². The second-order valence-corrected chi connectivity index (χ2v) is 10.8. The Bertz CT molecular complexity index is 879. The molecule has 0 fully saturated rings. The van der Waals surface area contributed by atoms with Crippen LogP contribution in [0.4, 0.5) is 0 Å². The van der Waals surface area contributed by atoms with Crippen LogP contribution in [-0.4, -0.2) is 0 Å². The lowest BCUT2D eigenvalue weighted by molar-refractivity contribution is -1.62. The van der Waals surface area contributed by atoms with E-state index in [0.717, 1.165) is 24.8 Å². The van der Waals surface area contributed by atoms with Crippen LogP contribution < -0.4 is 12.2 Å². The van der Waals surface area contributed by atoms with E-state index in [0.29, 0.717) is 23.5 Å². The zero-order chi connectivity index (χ0) is 23.8. The van der Waals surface area contributed by atoms with Crippen molar-refractivity contribution < 1.29 is 27.0 Å². The molecule has 3 rings (SSSR count). The van der Waals surface area contributed by atoms with Crippen LogP contribution in [0.1, 0.15) is 108 Å². The highest BCUT2D eigenvalue weighted by molar-refractivity contribution is 5.81. The Balaban J connectivity index is 2.09. The van der Waals surface area contributed by atoms with Crippen LogP contribution >= 0.6 is 0 Å². The summed E-state index contributed by atoms with van der Waals surface area (Å²) in [7, 11) is 0. The van der Waals surface area contributed by atoms with Crippen molar-refractivity contribution in [2.75, 3.05) is 0 Å². The minimum absolute atomic E-state index is 0.314. The van der Waals surface area contributed by atoms with Gasteiger partial charge in [-0.15, -0.1) is 3.83 Å². The van der Waals surface area contributed by atoms with E-state index in [4.69, 9.17) is 3.83 Å². The SMILES string of the molecule is CCCCC(CC)Cc1c(O[Br+2]([O-])[O-])ccc2c1C(CC(CC)CCCC)c1ccccc1-2. The molecule has 33 heavy (non-hydrogen) atoms. The van der Waals surface area contributed by atoms with Crippen LogP contribution in [0.15, 0.2) is 36.4 Å². The quantitative estimate of drug-likeness (QED) is 0.283. The minimum atomic E-state index is -3.33. The summed E-state index contributed by atoms with van der Waals surface area (Å²) in [6.07, 6.45) is 11.6. The summed E-state index contributed by atoms with van der Waals surface area (Å²) in [5.41, 5.74) is 6.46. The van der Waals surface area contributed by atoms with E-state index in [2.05, 4.69) is 58.0 Å². The summed E-state index contributed by atoms with van der Waals surface area (Å²) in [6.45, 7) is 9.06. The van der Waals surface area contributed by atoms with Gasteiger partial charge in [-0.25, -0.2) is 0 Å². The van der Waals surface area contributed by atoms with Gasteiger partial charge < -0.3 is 8.40 Å². The van der Waals surface area contributed by atoms with Gasteiger partial charge >= 0.3 is 14.8 Å². The van der Waals surface area contributed by atoms with Crippen molar-refractivity contribution in [3.05, 3.63) is 53.1 Å². The Labute approximate surface area is 206 Å². The third kappa shape index (κ3) is 6.41. The topological polar surface area (TPSA) is 55.3 Å². The average Bonchev–Trinajstić information content (AvgIpc) is 3.13. The van der Waals surface area contributed by atoms with Gasteiger partial charge in [-0.1, -0.05) is 103 Å². The van der Waals surface area contributed by atoms with Crippen LogP contribution in [0.25, 0.3) is 11.1 Å². The van der Waals surface area contributed by atoms with E-state index in [1.807, 2.05) is 6.07 Å². The summed E-state index contributed by atoms with van der Waals surface area (Å²) in [4.78, 5) is 0. The molecule has 0 aliphatic heterocycles. The summed E-state index contributed by atoms with van der Waals surface area (Å²) in [5.74, 6) is 2.09. The van der Waals surface area contributed by atoms with Gasteiger partial charge in [0.05, 0.1) is 0 Å². The first-order valence-corrected chi connectivity index (χ1v) is 15.0. The molecule has 4 heteroatoms. The third-order valence-electron chi connectivity index (χ3n) is 7.58. The maximum atomic E-state index is 11.6. The number of hydrogen-bond acceptors (Lipinski definition) is 3. The average molecular weight is 518 g/mol. The Morgan fingerprint density at radius 2 is 1.52 bits per heavy atom. The van der Waals surface area contributed by atoms with Crippen molar-refractivity contribution in [3.63, 3.8) is 0 Å². The van der Waals surface area contributed by atoms with Crippen LogP contribution in [0.3, 0.4) is 0 Å². The number of fused-ring (bicyclic) bond motifs is 3. The Morgan fingerprint density at radius 1 is 0.848 bits per heavy atom. The second-order valence-electron chi connectivity index (χ2n) is 9.68. The molecule has 2 aromatic carbocycles. The minimum Gasteiger partial charge on any atom is -0.361 e. The second kappa shape index (κ2) is 12.9. The van der Waals surface area contributed by atoms with Gasteiger partial charge in [-0.3, -0.25) is 0 Å². The van der Waals surface area contributed by atoms with Crippen LogP contribution in [0.5, 0.6) is 5.75 Å². The number of halogens is 1. The number of unbranched alkanes of at least 4 members (excludes halogenated alkanes) is 2. The molecule has 0 amide bonds. The maximum absolute atomic E-state index is 11.6. The van der Waals surface area contributed by atoms with E-state index >= 15 is 0 Å². The summed E-state index contributed by atoms with van der Waals surface area (Å²) < 4.78 is 28.7. The molecule has 0 saturated heterocycles. The number of benzene rings is 2. The molecule has 2 aromatic rings. The largest absolute Gasteiger partial charge is 0.501 e. The molecule has 0 heterocycles. The highest BCUT2D eigenvalue weighted by Crippen LogP contribution is 2.52. The Morgan fingerprint density at radius 3 is 2.15 bits per heavy atom. The van der Waals surface area contributed by atoms with Gasteiger partial charge in [0.25, 0.3) is 0 Å². The van der Waals surface area contributed by atoms with Crippen molar-refractivity contribution in [2.45, 2.75) is 97.8 Å². The van der Waals surface area contributed by atoms with E-state index in [1.54, 1.807) is 0 Å². The van der Waals surface area contributed by atoms with E-state index in [-0.39, 0.29) is 0 Å². The van der Waals surface area contributed by atoms with Crippen molar-refractivity contribution in [2.24, 2.45) is 11.8 Å². The molecular weight excluding hydrogens is 476 g/mol. The molecule has 3 nitrogen and oxygen atoms in total. The fourth-order valence-corrected chi connectivity index (χ4v) is 6.21. The molecule has 0 bridgehead atoms. The first-order chi connectivity index (χ1) is 16.0. The zero-order valence-electron chi connectivity index (χ0n) is 20.9. The highest BCUT2D eigenvalue weighted by Gasteiger charge is 2.35. The normalized spacial score (nSPS) is 16.5. The lowest BCUT2D eigenvalue weighted by Gasteiger charge is -2.24. The molecule has 1 aliphatic rings. The van der Waals surface area contributed by atoms with Gasteiger partial charge in [-0.2, -0.15) is 0 Å². The molecule has 0 saturated carbocycles. The van der Waals surface area contributed by atoms with Gasteiger partial charge in [0.2, 0.25) is 5.75 Å². The molecule has 0 radical (unpaired) electrons. The highest BCUT2D eigenvalue weighted by atomic mass is 80.0. The first-order valence-electron chi connectivity index (χ1n) is 13.0. The van der Waals surface area contributed by atoms with Crippen LogP contribution in [-0.2, 0) is 6.42 Å². The standard InChI is InChI=1S/C29H41BrO3/c1-5-9-13-21(7-3)19-26-24-16-12-11-15-23(24)25-17-18-28(33-30(31)32)27(29(25)26)20-22(8-4)14-10-6-2/h11-12,15-18,21-22,26H,5-10,13-14,19-20H2,1-4H3. The molecule has 1 aliphatic carbocycles. The molecule has 3 unspecified atom stereocenters. The molecule has 182 valence electrons. The smallest absolute Gasteiger partial charge is 0.361 e. The molecule has 0 aromatic heterocycles. The van der Waals surface area contributed by atoms with Crippen LogP contribution in [0, 0.1) is 26.6 Å². The molecular formula is C29H41BrO3. The Kier molecular flexibility index (Phi) is 10.3. The van der Waals surface area contributed by atoms with E-state index < -0.39 is 14.8 Å². The number of rotatable bonds is 14. The summed E-state index contributed by atoms with van der Waals surface area (Å²) in [5, 5.41) is 0. The van der Waals surface area contributed by atoms with Gasteiger partial charge in [0.15, 0.2) is 0 Å². The van der Waals surface area contributed by atoms with Crippen molar-refractivity contribution in [3.8, 4) is 16.9 Å². The monoisotopic (exact) mass is 516 g/mol. The maximum Gasteiger partial charge on any atom is 0.501 e. The van der Waals surface area contributed by atoms with Gasteiger partial charge in [-0.05, 0) is 59.1 Å². The fraction of sp³-hybridized carbons (Fsp3) is 0.586. The lowest BCUT2D eigenvalue weighted by Crippen LogP contribution is -2.37.